The van der Waals surface area contributed by atoms with Gasteiger partial charge in [-0.3, -0.25) is 0 Å². The maximum atomic E-state index is 14.8. The first-order valence-electron chi connectivity index (χ1n) is 7.59. The molecule has 27 heavy (non-hydrogen) atoms. The fraction of sp³-hybridized carbons (Fsp3) is 0.294. The first-order valence-corrected chi connectivity index (χ1v) is 8.38. The van der Waals surface area contributed by atoms with Crippen LogP contribution < -0.4 is 4.74 Å². The number of benzene rings is 2. The number of hydrogen-bond donors (Lipinski definition) is 0. The number of nitrogens with zero attached hydrogens (tertiary/aromatic N) is 3. The summed E-state index contributed by atoms with van der Waals surface area (Å²) < 4.78 is 74.9. The average molecular weight is 450 g/mol. The second kappa shape index (κ2) is 8.14. The van der Waals surface area contributed by atoms with Crippen LogP contribution in [-0.2, 0) is 5.54 Å². The highest BCUT2D eigenvalue weighted by molar-refractivity contribution is 9.10. The zero-order chi connectivity index (χ0) is 20.2. The molecule has 0 aliphatic rings. The Morgan fingerprint density at radius 2 is 1.74 bits per heavy atom. The van der Waals surface area contributed by atoms with E-state index < -0.39 is 47.7 Å². The van der Waals surface area contributed by atoms with Gasteiger partial charge in [0, 0.05) is 11.3 Å². The fourth-order valence-electron chi connectivity index (χ4n) is 2.37. The molecule has 0 aliphatic carbocycles. The van der Waals surface area contributed by atoms with E-state index >= 15 is 0 Å². The normalized spacial score (nSPS) is 13.6. The lowest BCUT2D eigenvalue weighted by Gasteiger charge is -2.33. The Balaban J connectivity index is 2.24. The van der Waals surface area contributed by atoms with E-state index in [1.54, 1.807) is 0 Å². The van der Waals surface area contributed by atoms with Gasteiger partial charge in [-0.25, -0.2) is 22.0 Å². The summed E-state index contributed by atoms with van der Waals surface area (Å²) in [5, 5.41) is 3.20. The molecule has 0 aromatic heterocycles. The van der Waals surface area contributed by atoms with Gasteiger partial charge in [0.15, 0.2) is 17.4 Å². The Morgan fingerprint density at radius 1 is 1.11 bits per heavy atom. The lowest BCUT2D eigenvalue weighted by atomic mass is 9.85. The maximum absolute atomic E-state index is 14.8. The van der Waals surface area contributed by atoms with Gasteiger partial charge in [-0.2, -0.15) is 0 Å². The zero-order valence-corrected chi connectivity index (χ0v) is 15.5. The smallest absolute Gasteiger partial charge is 0.266 e. The fourth-order valence-corrected chi connectivity index (χ4v) is 2.68. The molecule has 2 aromatic rings. The number of hydrogen-bond acceptors (Lipinski definition) is 2. The highest BCUT2D eigenvalue weighted by atomic mass is 79.9. The minimum absolute atomic E-state index is 0.0871. The quantitative estimate of drug-likeness (QED) is 0.156. The van der Waals surface area contributed by atoms with E-state index in [-0.39, 0.29) is 10.0 Å². The minimum atomic E-state index is -3.66. The van der Waals surface area contributed by atoms with Gasteiger partial charge in [-0.1, -0.05) is 17.2 Å². The largest absolute Gasteiger partial charge is 0.487 e. The van der Waals surface area contributed by atoms with Crippen molar-refractivity contribution in [3.63, 3.8) is 0 Å². The molecule has 0 radical (unpaired) electrons. The molecule has 4 nitrogen and oxygen atoms in total. The van der Waals surface area contributed by atoms with Crippen molar-refractivity contribution in [2.45, 2.75) is 24.8 Å². The molecule has 144 valence electrons. The van der Waals surface area contributed by atoms with Gasteiger partial charge in [-0.15, -0.1) is 0 Å². The highest BCUT2D eigenvalue weighted by Gasteiger charge is 2.50. The van der Waals surface area contributed by atoms with Gasteiger partial charge >= 0.3 is 0 Å². The maximum Gasteiger partial charge on any atom is 0.266 e. The van der Waals surface area contributed by atoms with Crippen molar-refractivity contribution in [3.8, 4) is 5.75 Å². The highest BCUT2D eigenvalue weighted by Crippen LogP contribution is 2.43. The standard InChI is InChI=1S/C17H13BrF5N3O/c1-16(25-26-24,10-2-4-11(19)5-3-10)17(22,23)8-9-27-15-13(20)7-6-12(18)14(15)21/h2-7H,8-9H2,1H3. The summed E-state index contributed by atoms with van der Waals surface area (Å²) in [6, 6.07) is 6.10. The van der Waals surface area contributed by atoms with Crippen LogP contribution in [0.5, 0.6) is 5.75 Å². The molecule has 0 amide bonds. The van der Waals surface area contributed by atoms with Crippen LogP contribution in [0, 0.1) is 17.5 Å². The predicted molar refractivity (Wildman–Crippen MR) is 92.0 cm³/mol. The van der Waals surface area contributed by atoms with E-state index in [1.807, 2.05) is 0 Å². The van der Waals surface area contributed by atoms with E-state index in [0.717, 1.165) is 43.3 Å². The van der Waals surface area contributed by atoms with Crippen LogP contribution in [-0.4, -0.2) is 12.5 Å². The minimum Gasteiger partial charge on any atom is -0.487 e. The molecule has 0 bridgehead atoms. The molecule has 0 saturated carbocycles. The third-order valence-electron chi connectivity index (χ3n) is 4.03. The number of rotatable bonds is 7. The SMILES string of the molecule is CC(N=[N+]=[N-])(c1ccc(F)cc1)C(F)(F)CCOc1c(F)ccc(Br)c1F. The van der Waals surface area contributed by atoms with Crippen molar-refractivity contribution in [1.29, 1.82) is 0 Å². The third-order valence-corrected chi connectivity index (χ3v) is 4.64. The molecule has 0 fully saturated rings. The van der Waals surface area contributed by atoms with Crippen molar-refractivity contribution < 1.29 is 26.7 Å². The van der Waals surface area contributed by atoms with E-state index in [4.69, 9.17) is 10.3 Å². The van der Waals surface area contributed by atoms with Crippen molar-refractivity contribution in [2.24, 2.45) is 5.11 Å². The first-order chi connectivity index (χ1) is 12.6. The molecular weight excluding hydrogens is 437 g/mol. The summed E-state index contributed by atoms with van der Waals surface area (Å²) in [6.07, 6.45) is -1.01. The third kappa shape index (κ3) is 4.33. The molecule has 0 heterocycles. The molecule has 0 spiro atoms. The average Bonchev–Trinajstić information content (AvgIpc) is 2.61. The molecular formula is C17H13BrF5N3O. The van der Waals surface area contributed by atoms with Crippen LogP contribution in [0.4, 0.5) is 22.0 Å². The van der Waals surface area contributed by atoms with Crippen molar-refractivity contribution in [2.75, 3.05) is 6.61 Å². The van der Waals surface area contributed by atoms with Gasteiger partial charge < -0.3 is 4.74 Å². The van der Waals surface area contributed by atoms with Gasteiger partial charge in [0.1, 0.15) is 11.4 Å². The monoisotopic (exact) mass is 449 g/mol. The molecule has 1 atom stereocenters. The molecule has 10 heteroatoms. The molecule has 2 rings (SSSR count). The van der Waals surface area contributed by atoms with Gasteiger partial charge in [0.2, 0.25) is 0 Å². The predicted octanol–water partition coefficient (Wildman–Crippen LogP) is 6.50. The first kappa shape index (κ1) is 21.0. The van der Waals surface area contributed by atoms with Crippen LogP contribution in [0.15, 0.2) is 46.0 Å². The second-order valence-corrected chi connectivity index (χ2v) is 6.60. The van der Waals surface area contributed by atoms with Gasteiger partial charge in [0.25, 0.3) is 5.92 Å². The lowest BCUT2D eigenvalue weighted by molar-refractivity contribution is -0.0844. The summed E-state index contributed by atoms with van der Waals surface area (Å²) in [6.45, 7) is 0.231. The van der Waals surface area contributed by atoms with Crippen LogP contribution in [0.1, 0.15) is 18.9 Å². The number of ether oxygens (including phenoxy) is 1. The number of azide groups is 1. The van der Waals surface area contributed by atoms with Crippen LogP contribution >= 0.6 is 15.9 Å². The second-order valence-electron chi connectivity index (χ2n) is 5.74. The van der Waals surface area contributed by atoms with Crippen molar-refractivity contribution >= 4 is 15.9 Å². The van der Waals surface area contributed by atoms with Gasteiger partial charge in [-0.05, 0) is 58.2 Å². The van der Waals surface area contributed by atoms with Crippen molar-refractivity contribution in [3.05, 3.63) is 74.3 Å². The van der Waals surface area contributed by atoms with E-state index in [9.17, 15) is 22.0 Å². The number of halogens is 6. The van der Waals surface area contributed by atoms with E-state index in [1.165, 1.54) is 0 Å². The molecule has 0 saturated heterocycles. The Hall–Kier alpha value is -2.32. The molecule has 0 aliphatic heterocycles. The van der Waals surface area contributed by atoms with Crippen LogP contribution in [0.3, 0.4) is 0 Å². The molecule has 0 N–H and O–H groups in total. The Kier molecular flexibility index (Phi) is 6.33. The number of alkyl halides is 2. The van der Waals surface area contributed by atoms with Crippen LogP contribution in [0.25, 0.3) is 10.4 Å². The lowest BCUT2D eigenvalue weighted by Crippen LogP contribution is -2.42. The summed E-state index contributed by atoms with van der Waals surface area (Å²) in [7, 11) is 0. The molecule has 2 aromatic carbocycles. The zero-order valence-electron chi connectivity index (χ0n) is 13.9. The summed E-state index contributed by atoms with van der Waals surface area (Å²) >= 11 is 2.84. The Morgan fingerprint density at radius 3 is 2.33 bits per heavy atom. The van der Waals surface area contributed by atoms with E-state index in [2.05, 4.69) is 26.0 Å². The van der Waals surface area contributed by atoms with Gasteiger partial charge in [0.05, 0.1) is 11.1 Å². The molecule has 1 unspecified atom stereocenters. The van der Waals surface area contributed by atoms with Crippen LogP contribution in [0.2, 0.25) is 0 Å². The Bertz CT molecular complexity index is 872. The Labute approximate surface area is 159 Å². The summed E-state index contributed by atoms with van der Waals surface area (Å²) in [4.78, 5) is 2.46. The summed E-state index contributed by atoms with van der Waals surface area (Å²) in [5.74, 6) is -7.21. The topological polar surface area (TPSA) is 58.0 Å². The van der Waals surface area contributed by atoms with E-state index in [0.29, 0.717) is 0 Å². The van der Waals surface area contributed by atoms with Crippen molar-refractivity contribution in [1.82, 2.24) is 0 Å². The summed E-state index contributed by atoms with van der Waals surface area (Å²) in [5.41, 5.74) is 6.23.